The van der Waals surface area contributed by atoms with Gasteiger partial charge in [0.2, 0.25) is 5.91 Å². The van der Waals surface area contributed by atoms with Crippen LogP contribution in [0.5, 0.6) is 0 Å². The Morgan fingerprint density at radius 3 is 2.62 bits per heavy atom. The molecule has 6 heteroatoms. The summed E-state index contributed by atoms with van der Waals surface area (Å²) in [7, 11) is 3.54. The summed E-state index contributed by atoms with van der Waals surface area (Å²) in [6.45, 7) is 11.3. The number of nitrogens with zero attached hydrogens (tertiary/aromatic N) is 3. The van der Waals surface area contributed by atoms with Gasteiger partial charge in [-0.1, -0.05) is 44.2 Å². The van der Waals surface area contributed by atoms with Crippen LogP contribution in [-0.4, -0.2) is 49.0 Å². The number of fused-ring (bicyclic) bond motifs is 1. The maximum atomic E-state index is 12.5. The summed E-state index contributed by atoms with van der Waals surface area (Å²) < 4.78 is 5.92. The van der Waals surface area contributed by atoms with Crippen LogP contribution in [0, 0.1) is 19.8 Å². The van der Waals surface area contributed by atoms with Crippen molar-refractivity contribution in [2.45, 2.75) is 53.1 Å². The van der Waals surface area contributed by atoms with Gasteiger partial charge >= 0.3 is 0 Å². The van der Waals surface area contributed by atoms with Crippen LogP contribution in [0.25, 0.3) is 11.0 Å². The molecule has 0 unspecified atom stereocenters. The summed E-state index contributed by atoms with van der Waals surface area (Å²) in [6.07, 6.45) is 15.9. The minimum absolute atomic E-state index is 0.0635. The largest absolute Gasteiger partial charge is 0.459 e. The van der Waals surface area contributed by atoms with E-state index in [0.717, 1.165) is 40.2 Å². The van der Waals surface area contributed by atoms with E-state index in [0.29, 0.717) is 13.0 Å². The number of likely N-dealkylation sites (N-methyl/N-ethyl adjacent to an activating group) is 1. The van der Waals surface area contributed by atoms with E-state index in [4.69, 9.17) is 4.42 Å². The third-order valence-corrected chi connectivity index (χ3v) is 5.17. The molecule has 3 rings (SSSR count). The van der Waals surface area contributed by atoms with E-state index in [2.05, 4.69) is 42.0 Å². The highest BCUT2D eigenvalue weighted by molar-refractivity contribution is 6.15. The van der Waals surface area contributed by atoms with Gasteiger partial charge in [-0.25, -0.2) is 0 Å². The van der Waals surface area contributed by atoms with Crippen LogP contribution in [0.4, 0.5) is 0 Å². The molecule has 1 aliphatic heterocycles. The molecule has 0 spiro atoms. The fraction of sp³-hybridized carbons (Fsp3) is 0.393. The number of furan rings is 1. The predicted octanol–water partition coefficient (Wildman–Crippen LogP) is 5.33. The first-order valence-corrected chi connectivity index (χ1v) is 11.5. The van der Waals surface area contributed by atoms with Crippen molar-refractivity contribution in [2.75, 3.05) is 20.6 Å². The molecule has 1 amide bonds. The summed E-state index contributed by atoms with van der Waals surface area (Å²) >= 11 is 0. The van der Waals surface area contributed by atoms with Gasteiger partial charge in [0, 0.05) is 43.4 Å². The number of carbonyl (C=O) groups is 1. The topological polar surface area (TPSA) is 70.2 Å². The lowest BCUT2D eigenvalue weighted by Crippen LogP contribution is -2.35. The third kappa shape index (κ3) is 7.77. The molecule has 2 heterocycles. The molecule has 2 aromatic rings. The lowest BCUT2D eigenvalue weighted by molar-refractivity contribution is -0.125. The van der Waals surface area contributed by atoms with Crippen LogP contribution in [0.1, 0.15) is 45.4 Å². The summed E-state index contributed by atoms with van der Waals surface area (Å²) in [4.78, 5) is 23.1. The molecule has 0 fully saturated rings. The molecule has 0 atom stereocenters. The van der Waals surface area contributed by atoms with E-state index >= 15 is 0 Å². The zero-order valence-electron chi connectivity index (χ0n) is 21.6. The molecule has 0 saturated heterocycles. The van der Waals surface area contributed by atoms with Crippen LogP contribution >= 0.6 is 0 Å². The van der Waals surface area contributed by atoms with Crippen molar-refractivity contribution in [2.24, 2.45) is 9.98 Å². The minimum Gasteiger partial charge on any atom is -0.459 e. The number of amidine groups is 1. The second-order valence-corrected chi connectivity index (χ2v) is 8.13. The van der Waals surface area contributed by atoms with Crippen LogP contribution in [-0.2, 0) is 11.3 Å². The number of carbonyl (C=O) groups excluding carboxylic acids is 1. The SMILES string of the molecule is C#C.CC.CN=C1NCC(C)(C)N=C/C1=C/C/C=C/C(=O)N(C)Cc1oc2ccccc2c1C. The third-order valence-electron chi connectivity index (χ3n) is 5.17. The molecule has 0 aliphatic carbocycles. The standard InChI is InChI=1S/C24H30N4O2.C2H6.C2H2/c1-17-19-11-7-8-12-20(19)30-21(17)15-28(5)22(29)13-9-6-10-18-14-27-24(2,3)16-26-23(18)25-4;2*1-2/h7-14H,6,15-16H2,1-5H3,(H,25,26);1-2H3;1-2H/b13-9+,18-10-;;. The van der Waals surface area contributed by atoms with Gasteiger partial charge < -0.3 is 14.6 Å². The Labute approximate surface area is 204 Å². The van der Waals surface area contributed by atoms with Gasteiger partial charge in [-0.3, -0.25) is 14.8 Å². The summed E-state index contributed by atoms with van der Waals surface area (Å²) in [5.74, 6) is 1.57. The highest BCUT2D eigenvalue weighted by Gasteiger charge is 2.20. The van der Waals surface area contributed by atoms with Gasteiger partial charge in [0.15, 0.2) is 0 Å². The van der Waals surface area contributed by atoms with E-state index in [1.807, 2.05) is 63.4 Å². The Kier molecular flexibility index (Phi) is 11.6. The molecule has 0 bridgehead atoms. The highest BCUT2D eigenvalue weighted by atomic mass is 16.3. The Morgan fingerprint density at radius 2 is 1.97 bits per heavy atom. The number of rotatable bonds is 5. The van der Waals surface area contributed by atoms with Gasteiger partial charge in [0.25, 0.3) is 0 Å². The zero-order chi connectivity index (χ0) is 25.7. The number of hydrogen-bond acceptors (Lipinski definition) is 4. The number of benzene rings is 1. The molecule has 1 aromatic carbocycles. The Balaban J connectivity index is 0.00000137. The van der Waals surface area contributed by atoms with E-state index < -0.39 is 0 Å². The number of aryl methyl sites for hydroxylation is 1. The van der Waals surface area contributed by atoms with Gasteiger partial charge in [-0.15, -0.1) is 12.8 Å². The van der Waals surface area contributed by atoms with Crippen molar-refractivity contribution >= 4 is 28.9 Å². The second-order valence-electron chi connectivity index (χ2n) is 8.13. The molecule has 1 N–H and O–H groups in total. The van der Waals surface area contributed by atoms with Gasteiger partial charge in [-0.05, 0) is 39.3 Å². The fourth-order valence-corrected chi connectivity index (χ4v) is 3.27. The van der Waals surface area contributed by atoms with Crippen molar-refractivity contribution in [1.29, 1.82) is 0 Å². The van der Waals surface area contributed by atoms with Gasteiger partial charge in [0.05, 0.1) is 12.1 Å². The van der Waals surface area contributed by atoms with Crippen LogP contribution in [0.2, 0.25) is 0 Å². The van der Waals surface area contributed by atoms with Gasteiger partial charge in [-0.2, -0.15) is 0 Å². The molecule has 1 aliphatic rings. The van der Waals surface area contributed by atoms with Crippen molar-refractivity contribution in [3.8, 4) is 12.8 Å². The Morgan fingerprint density at radius 1 is 1.29 bits per heavy atom. The van der Waals surface area contributed by atoms with E-state index in [1.54, 1.807) is 25.1 Å². The van der Waals surface area contributed by atoms with Gasteiger partial charge in [0.1, 0.15) is 17.2 Å². The highest BCUT2D eigenvalue weighted by Crippen LogP contribution is 2.25. The van der Waals surface area contributed by atoms with Crippen molar-refractivity contribution in [1.82, 2.24) is 10.2 Å². The molecular weight excluding hydrogens is 424 g/mol. The zero-order valence-corrected chi connectivity index (χ0v) is 21.6. The molecule has 0 saturated carbocycles. The van der Waals surface area contributed by atoms with E-state index in [1.165, 1.54) is 0 Å². The maximum Gasteiger partial charge on any atom is 0.246 e. The first-order valence-electron chi connectivity index (χ1n) is 11.5. The summed E-state index contributed by atoms with van der Waals surface area (Å²) in [6, 6.07) is 7.92. The first-order chi connectivity index (χ1) is 16.3. The number of allylic oxidation sites excluding steroid dienone is 2. The fourth-order valence-electron chi connectivity index (χ4n) is 3.27. The summed E-state index contributed by atoms with van der Waals surface area (Å²) in [5.41, 5.74) is 2.69. The monoisotopic (exact) mass is 462 g/mol. The average Bonchev–Trinajstić information content (AvgIpc) is 3.08. The number of amides is 1. The van der Waals surface area contributed by atoms with Crippen molar-refractivity contribution in [3.05, 3.63) is 59.4 Å². The molecule has 6 nitrogen and oxygen atoms in total. The number of aliphatic imine (C=N–C) groups is 2. The maximum absolute atomic E-state index is 12.5. The number of terminal acetylenes is 1. The number of hydrogen-bond donors (Lipinski definition) is 1. The lowest BCUT2D eigenvalue weighted by Gasteiger charge is -2.17. The van der Waals surface area contributed by atoms with Crippen LogP contribution in [0.3, 0.4) is 0 Å². The molecular formula is C28H38N4O2. The number of para-hydroxylation sites is 1. The smallest absolute Gasteiger partial charge is 0.246 e. The Bertz CT molecular complexity index is 1080. The van der Waals surface area contributed by atoms with Crippen LogP contribution < -0.4 is 5.32 Å². The first kappa shape index (κ1) is 28.4. The van der Waals surface area contributed by atoms with Crippen molar-refractivity contribution < 1.29 is 9.21 Å². The normalized spacial score (nSPS) is 16.9. The van der Waals surface area contributed by atoms with E-state index in [-0.39, 0.29) is 11.4 Å². The van der Waals surface area contributed by atoms with Crippen LogP contribution in [0.15, 0.2) is 62.5 Å². The quantitative estimate of drug-likeness (QED) is 0.482. The molecule has 0 radical (unpaired) electrons. The van der Waals surface area contributed by atoms with Crippen molar-refractivity contribution in [3.63, 3.8) is 0 Å². The predicted molar refractivity (Wildman–Crippen MR) is 144 cm³/mol. The minimum atomic E-state index is -0.172. The molecule has 34 heavy (non-hydrogen) atoms. The average molecular weight is 463 g/mol. The lowest BCUT2D eigenvalue weighted by atomic mass is 10.1. The molecule has 1 aromatic heterocycles. The number of nitrogens with one attached hydrogen (secondary N) is 1. The summed E-state index contributed by atoms with van der Waals surface area (Å²) in [5, 5.41) is 4.42. The Hall–Kier alpha value is -3.59. The molecule has 182 valence electrons. The second kappa shape index (κ2) is 13.8. The van der Waals surface area contributed by atoms with E-state index in [9.17, 15) is 4.79 Å².